The second kappa shape index (κ2) is 10.8. The number of fused-ring (bicyclic) bond motifs is 1. The van der Waals surface area contributed by atoms with Crippen LogP contribution in [0.25, 0.3) is 10.9 Å². The minimum atomic E-state index is -0.169. The smallest absolute Gasteiger partial charge is 0.262 e. The van der Waals surface area contributed by atoms with Crippen LogP contribution < -0.4 is 10.1 Å². The van der Waals surface area contributed by atoms with E-state index in [9.17, 15) is 9.59 Å². The Morgan fingerprint density at radius 3 is 2.43 bits per heavy atom. The van der Waals surface area contributed by atoms with Gasteiger partial charge in [-0.1, -0.05) is 41.9 Å². The number of ether oxygens (including phenoxy) is 1. The van der Waals surface area contributed by atoms with Crippen LogP contribution in [-0.2, 0) is 17.6 Å². The van der Waals surface area contributed by atoms with Crippen molar-refractivity contribution in [2.45, 2.75) is 39.2 Å². The molecule has 0 saturated heterocycles. The maximum Gasteiger partial charge on any atom is 0.262 e. The number of nitrogens with one attached hydrogen (secondary N) is 1. The van der Waals surface area contributed by atoms with Gasteiger partial charge in [0.25, 0.3) is 5.91 Å². The molecule has 3 aromatic carbocycles. The minimum Gasteiger partial charge on any atom is -0.497 e. The van der Waals surface area contributed by atoms with Crippen molar-refractivity contribution in [1.29, 1.82) is 0 Å². The molecule has 1 unspecified atom stereocenters. The van der Waals surface area contributed by atoms with Crippen LogP contribution in [0, 0.1) is 6.92 Å². The number of hydrogen-bond donors (Lipinski definition) is 1. The molecule has 4 rings (SSSR count). The van der Waals surface area contributed by atoms with E-state index in [0.717, 1.165) is 35.0 Å². The number of nitrogens with zero attached hydrogens (tertiary/aromatic N) is 1. The lowest BCUT2D eigenvalue weighted by atomic mass is 10.0. The summed E-state index contributed by atoms with van der Waals surface area (Å²) in [7, 11) is 1.60. The molecule has 0 radical (unpaired) electrons. The van der Waals surface area contributed by atoms with Crippen molar-refractivity contribution in [3.8, 4) is 5.75 Å². The third kappa shape index (κ3) is 5.57. The molecule has 180 valence electrons. The summed E-state index contributed by atoms with van der Waals surface area (Å²) in [4.78, 5) is 26.5. The summed E-state index contributed by atoms with van der Waals surface area (Å²) in [5.41, 5.74) is 4.06. The number of carbonyl (C=O) groups is 2. The van der Waals surface area contributed by atoms with Crippen LogP contribution in [0.15, 0.2) is 72.8 Å². The molecular formula is C29H29ClN2O3. The molecule has 1 heterocycles. The molecule has 1 N–H and O–H groups in total. The molecule has 1 aromatic heterocycles. The molecule has 0 aliphatic carbocycles. The monoisotopic (exact) mass is 488 g/mol. The van der Waals surface area contributed by atoms with Crippen LogP contribution >= 0.6 is 11.6 Å². The molecule has 0 spiro atoms. The molecule has 4 aromatic rings. The van der Waals surface area contributed by atoms with E-state index in [1.54, 1.807) is 35.9 Å². The molecule has 6 heteroatoms. The Bertz CT molecular complexity index is 1340. The van der Waals surface area contributed by atoms with Crippen molar-refractivity contribution in [2.75, 3.05) is 7.11 Å². The maximum atomic E-state index is 13.4. The van der Waals surface area contributed by atoms with Crippen molar-refractivity contribution in [2.24, 2.45) is 0 Å². The SMILES string of the molecule is COc1ccc2c(c1)c(CC(=O)NC(C)CCc1ccccc1)c(C)n2C(=O)c1ccc(Cl)cc1. The van der Waals surface area contributed by atoms with Crippen molar-refractivity contribution in [3.63, 3.8) is 0 Å². The van der Waals surface area contributed by atoms with E-state index in [4.69, 9.17) is 16.3 Å². The molecular weight excluding hydrogens is 460 g/mol. The number of methoxy groups -OCH3 is 1. The third-order valence-corrected chi connectivity index (χ3v) is 6.54. The zero-order valence-electron chi connectivity index (χ0n) is 20.2. The first kappa shape index (κ1) is 24.6. The van der Waals surface area contributed by atoms with Gasteiger partial charge in [-0.2, -0.15) is 0 Å². The van der Waals surface area contributed by atoms with Crippen LogP contribution in [0.4, 0.5) is 0 Å². The second-order valence-corrected chi connectivity index (χ2v) is 9.20. The number of aromatic nitrogens is 1. The van der Waals surface area contributed by atoms with Crippen molar-refractivity contribution in [1.82, 2.24) is 9.88 Å². The summed E-state index contributed by atoms with van der Waals surface area (Å²) in [5, 5.41) is 4.51. The largest absolute Gasteiger partial charge is 0.497 e. The minimum absolute atomic E-state index is 0.0293. The molecule has 1 atom stereocenters. The fraction of sp³-hybridized carbons (Fsp3) is 0.241. The fourth-order valence-corrected chi connectivity index (χ4v) is 4.51. The molecule has 5 nitrogen and oxygen atoms in total. The fourth-order valence-electron chi connectivity index (χ4n) is 4.38. The molecule has 0 saturated carbocycles. The van der Waals surface area contributed by atoms with Gasteiger partial charge in [0.15, 0.2) is 0 Å². The molecule has 35 heavy (non-hydrogen) atoms. The quantitative estimate of drug-likeness (QED) is 0.332. The number of hydrogen-bond acceptors (Lipinski definition) is 3. The van der Waals surface area contributed by atoms with Gasteiger partial charge in [-0.05, 0) is 80.3 Å². The zero-order valence-corrected chi connectivity index (χ0v) is 20.9. The second-order valence-electron chi connectivity index (χ2n) is 8.76. The molecule has 1 amide bonds. The lowest BCUT2D eigenvalue weighted by Crippen LogP contribution is -2.34. The first-order valence-corrected chi connectivity index (χ1v) is 12.1. The predicted molar refractivity (Wildman–Crippen MR) is 140 cm³/mol. The van der Waals surface area contributed by atoms with Crippen molar-refractivity contribution >= 4 is 34.3 Å². The standard InChI is InChI=1S/C29H29ClN2O3/c1-19(9-10-21-7-5-4-6-8-21)31-28(33)18-25-20(2)32(27-16-15-24(35-3)17-26(25)27)29(34)22-11-13-23(30)14-12-22/h4-8,11-17,19H,9-10,18H2,1-3H3,(H,31,33). The maximum absolute atomic E-state index is 13.4. The lowest BCUT2D eigenvalue weighted by Gasteiger charge is -2.14. The number of benzene rings is 3. The van der Waals surface area contributed by atoms with Crippen LogP contribution in [0.5, 0.6) is 5.75 Å². The van der Waals surface area contributed by atoms with E-state index >= 15 is 0 Å². The van der Waals surface area contributed by atoms with Gasteiger partial charge in [-0.3, -0.25) is 14.2 Å². The summed E-state index contributed by atoms with van der Waals surface area (Å²) in [6.07, 6.45) is 1.92. The molecule has 0 fully saturated rings. The van der Waals surface area contributed by atoms with E-state index in [-0.39, 0.29) is 24.3 Å². The van der Waals surface area contributed by atoms with Crippen molar-refractivity contribution in [3.05, 3.63) is 100 Å². The van der Waals surface area contributed by atoms with Gasteiger partial charge in [0.05, 0.1) is 19.0 Å². The van der Waals surface area contributed by atoms with Crippen LogP contribution in [0.1, 0.15) is 40.5 Å². The van der Waals surface area contributed by atoms with E-state index < -0.39 is 0 Å². The first-order chi connectivity index (χ1) is 16.9. The van der Waals surface area contributed by atoms with Gasteiger partial charge in [0, 0.05) is 27.7 Å². The number of halogens is 1. The Balaban J connectivity index is 1.59. The molecule has 0 aliphatic rings. The number of carbonyl (C=O) groups excluding carboxylic acids is 2. The highest BCUT2D eigenvalue weighted by Gasteiger charge is 2.22. The van der Waals surface area contributed by atoms with E-state index in [0.29, 0.717) is 16.3 Å². The summed E-state index contributed by atoms with van der Waals surface area (Å²) >= 11 is 6.01. The number of rotatable bonds is 8. The normalized spacial score (nSPS) is 11.9. The summed E-state index contributed by atoms with van der Waals surface area (Å²) < 4.78 is 7.08. The Labute approximate surface area is 210 Å². The van der Waals surface area contributed by atoms with Gasteiger partial charge in [-0.25, -0.2) is 0 Å². The van der Waals surface area contributed by atoms with Gasteiger partial charge >= 0.3 is 0 Å². The highest BCUT2D eigenvalue weighted by Crippen LogP contribution is 2.31. The zero-order chi connectivity index (χ0) is 24.9. The highest BCUT2D eigenvalue weighted by atomic mass is 35.5. The topological polar surface area (TPSA) is 60.3 Å². The van der Waals surface area contributed by atoms with Crippen LogP contribution in [0.3, 0.4) is 0 Å². The molecule has 0 aliphatic heterocycles. The van der Waals surface area contributed by atoms with E-state index in [2.05, 4.69) is 17.4 Å². The third-order valence-electron chi connectivity index (χ3n) is 6.29. The summed E-state index contributed by atoms with van der Waals surface area (Å²) in [6, 6.07) is 22.6. The highest BCUT2D eigenvalue weighted by molar-refractivity contribution is 6.30. The Morgan fingerprint density at radius 1 is 1.03 bits per heavy atom. The summed E-state index contributed by atoms with van der Waals surface area (Å²) in [5.74, 6) is 0.429. The average Bonchev–Trinajstić information content (AvgIpc) is 3.13. The number of amides is 1. The van der Waals surface area contributed by atoms with Gasteiger partial charge in [0.1, 0.15) is 5.75 Å². The summed E-state index contributed by atoms with van der Waals surface area (Å²) in [6.45, 7) is 3.89. The molecule has 0 bridgehead atoms. The van der Waals surface area contributed by atoms with Crippen LogP contribution in [0.2, 0.25) is 5.02 Å². The Hall–Kier alpha value is -3.57. The van der Waals surface area contributed by atoms with Crippen molar-refractivity contribution < 1.29 is 14.3 Å². The first-order valence-electron chi connectivity index (χ1n) is 11.7. The Morgan fingerprint density at radius 2 is 1.74 bits per heavy atom. The van der Waals surface area contributed by atoms with Gasteiger partial charge in [-0.15, -0.1) is 0 Å². The lowest BCUT2D eigenvalue weighted by molar-refractivity contribution is -0.121. The van der Waals surface area contributed by atoms with E-state index in [1.807, 2.05) is 50.2 Å². The Kier molecular flexibility index (Phi) is 7.57. The average molecular weight is 489 g/mol. The van der Waals surface area contributed by atoms with Gasteiger partial charge in [0.2, 0.25) is 5.91 Å². The van der Waals surface area contributed by atoms with E-state index in [1.165, 1.54) is 5.56 Å². The predicted octanol–water partition coefficient (Wildman–Crippen LogP) is 5.98. The van der Waals surface area contributed by atoms with Crippen LogP contribution in [-0.4, -0.2) is 29.5 Å². The number of aryl methyl sites for hydroxylation is 1. The van der Waals surface area contributed by atoms with Gasteiger partial charge < -0.3 is 10.1 Å².